The Morgan fingerprint density at radius 1 is 1.13 bits per heavy atom. The predicted octanol–water partition coefficient (Wildman–Crippen LogP) is 2.08. The summed E-state index contributed by atoms with van der Waals surface area (Å²) in [6.45, 7) is 0.611. The second-order valence-corrected chi connectivity index (χ2v) is 7.82. The summed E-state index contributed by atoms with van der Waals surface area (Å²) in [6.07, 6.45) is 2.86. The first kappa shape index (κ1) is 17.7. The van der Waals surface area contributed by atoms with E-state index >= 15 is 0 Å². The normalized spacial score (nSPS) is 11.3. The summed E-state index contributed by atoms with van der Waals surface area (Å²) in [5.41, 5.74) is 1.02. The van der Waals surface area contributed by atoms with Gasteiger partial charge in [0.15, 0.2) is 0 Å². The van der Waals surface area contributed by atoms with Crippen molar-refractivity contribution in [2.75, 3.05) is 6.54 Å². The number of carbonyl (C=O) groups is 1. The van der Waals surface area contributed by atoms with Crippen LogP contribution < -0.4 is 10.5 Å². The molecule has 0 unspecified atom stereocenters. The summed E-state index contributed by atoms with van der Waals surface area (Å²) in [6, 6.07) is 10.5. The molecule has 0 aliphatic rings. The number of hydrogen-bond acceptors (Lipinski definition) is 4. The molecule has 1 amide bonds. The molecule has 0 atom stereocenters. The fraction of sp³-hybridized carbons (Fsp3) is 0.312. The molecule has 0 radical (unpaired) electrons. The summed E-state index contributed by atoms with van der Waals surface area (Å²) >= 11 is 1.66. The van der Waals surface area contributed by atoms with Crippen molar-refractivity contribution in [1.82, 2.24) is 5.32 Å². The van der Waals surface area contributed by atoms with Crippen LogP contribution in [0.3, 0.4) is 0 Å². The molecule has 1 heterocycles. The van der Waals surface area contributed by atoms with Gasteiger partial charge in [0, 0.05) is 17.8 Å². The number of sulfonamides is 1. The lowest BCUT2D eigenvalue weighted by Crippen LogP contribution is -2.24. The zero-order valence-electron chi connectivity index (χ0n) is 12.7. The van der Waals surface area contributed by atoms with E-state index in [4.69, 9.17) is 5.14 Å². The van der Waals surface area contributed by atoms with Gasteiger partial charge in [-0.05, 0) is 48.4 Å². The number of hydrogen-bond donors (Lipinski definition) is 2. The molecule has 124 valence electrons. The van der Waals surface area contributed by atoms with E-state index in [1.54, 1.807) is 23.5 Å². The summed E-state index contributed by atoms with van der Waals surface area (Å²) in [7, 11) is -3.64. The molecule has 0 saturated heterocycles. The Labute approximate surface area is 140 Å². The third-order valence-electron chi connectivity index (χ3n) is 3.39. The van der Waals surface area contributed by atoms with Crippen LogP contribution in [0.5, 0.6) is 0 Å². The molecule has 7 heteroatoms. The van der Waals surface area contributed by atoms with Gasteiger partial charge in [0.1, 0.15) is 0 Å². The van der Waals surface area contributed by atoms with Crippen LogP contribution in [0.1, 0.15) is 23.3 Å². The Bertz CT molecular complexity index is 723. The van der Waals surface area contributed by atoms with Gasteiger partial charge in [0.05, 0.1) is 4.90 Å². The molecule has 5 nitrogen and oxygen atoms in total. The van der Waals surface area contributed by atoms with E-state index in [9.17, 15) is 13.2 Å². The highest BCUT2D eigenvalue weighted by Gasteiger charge is 2.07. The van der Waals surface area contributed by atoms with Crippen molar-refractivity contribution < 1.29 is 13.2 Å². The highest BCUT2D eigenvalue weighted by molar-refractivity contribution is 7.89. The second-order valence-electron chi connectivity index (χ2n) is 5.22. The molecule has 0 bridgehead atoms. The molecule has 0 aliphatic heterocycles. The zero-order valence-corrected chi connectivity index (χ0v) is 14.3. The Balaban J connectivity index is 1.66. The van der Waals surface area contributed by atoms with Crippen LogP contribution in [0.15, 0.2) is 46.7 Å². The van der Waals surface area contributed by atoms with Gasteiger partial charge < -0.3 is 5.32 Å². The predicted molar refractivity (Wildman–Crippen MR) is 91.8 cm³/mol. The fourth-order valence-electron chi connectivity index (χ4n) is 2.15. The van der Waals surface area contributed by atoms with Crippen molar-refractivity contribution in [3.63, 3.8) is 0 Å². The molecule has 0 fully saturated rings. The van der Waals surface area contributed by atoms with E-state index < -0.39 is 10.0 Å². The summed E-state index contributed by atoms with van der Waals surface area (Å²) in [5.74, 6) is 0.0583. The number of thiophene rings is 1. The molecular formula is C16H20N2O3S2. The van der Waals surface area contributed by atoms with E-state index in [2.05, 4.69) is 5.32 Å². The molecular weight excluding hydrogens is 332 g/mol. The Kier molecular flexibility index (Phi) is 6.32. The van der Waals surface area contributed by atoms with Crippen molar-refractivity contribution in [3.8, 4) is 0 Å². The number of carbonyl (C=O) groups excluding carboxylic acids is 1. The number of nitrogens with two attached hydrogens (primary N) is 1. The van der Waals surface area contributed by atoms with Crippen LogP contribution in [0.2, 0.25) is 0 Å². The number of benzene rings is 1. The van der Waals surface area contributed by atoms with Crippen LogP contribution >= 0.6 is 11.3 Å². The molecule has 2 aromatic rings. The van der Waals surface area contributed by atoms with E-state index in [0.717, 1.165) is 24.8 Å². The van der Waals surface area contributed by atoms with Gasteiger partial charge >= 0.3 is 0 Å². The minimum atomic E-state index is -3.64. The lowest BCUT2D eigenvalue weighted by atomic mass is 10.1. The first-order valence-electron chi connectivity index (χ1n) is 7.36. The lowest BCUT2D eigenvalue weighted by molar-refractivity contribution is -0.121. The van der Waals surface area contributed by atoms with E-state index in [1.807, 2.05) is 17.5 Å². The maximum absolute atomic E-state index is 11.7. The Hall–Kier alpha value is -1.70. The maximum Gasteiger partial charge on any atom is 0.238 e. The van der Waals surface area contributed by atoms with Gasteiger partial charge in [-0.25, -0.2) is 13.6 Å². The zero-order chi connectivity index (χ0) is 16.7. The SMILES string of the molecule is NS(=O)(=O)c1ccc(CCCNC(=O)CCc2cccs2)cc1. The third kappa shape index (κ3) is 6.13. The quantitative estimate of drug-likeness (QED) is 0.713. The van der Waals surface area contributed by atoms with E-state index in [0.29, 0.717) is 13.0 Å². The molecule has 0 spiro atoms. The number of aryl methyl sites for hydroxylation is 2. The second kappa shape index (κ2) is 8.24. The van der Waals surface area contributed by atoms with Crippen molar-refractivity contribution in [3.05, 3.63) is 52.2 Å². The van der Waals surface area contributed by atoms with Gasteiger partial charge in [0.25, 0.3) is 0 Å². The van der Waals surface area contributed by atoms with E-state index in [1.165, 1.54) is 17.0 Å². The number of amides is 1. The highest BCUT2D eigenvalue weighted by Crippen LogP contribution is 2.11. The monoisotopic (exact) mass is 352 g/mol. The van der Waals surface area contributed by atoms with Crippen molar-refractivity contribution in [2.24, 2.45) is 5.14 Å². The first-order chi connectivity index (χ1) is 10.9. The standard InChI is InChI=1S/C16H20N2O3S2/c17-23(20,21)15-8-5-13(6-9-15)3-1-11-18-16(19)10-7-14-4-2-12-22-14/h2,4-6,8-9,12H,1,3,7,10-11H2,(H,18,19)(H2,17,20,21). The summed E-state index contributed by atoms with van der Waals surface area (Å²) < 4.78 is 22.3. The van der Waals surface area contributed by atoms with Gasteiger partial charge in [-0.2, -0.15) is 0 Å². The van der Waals surface area contributed by atoms with Crippen molar-refractivity contribution >= 4 is 27.3 Å². The smallest absolute Gasteiger partial charge is 0.238 e. The average molecular weight is 352 g/mol. The molecule has 1 aromatic carbocycles. The molecule has 2 rings (SSSR count). The van der Waals surface area contributed by atoms with E-state index in [-0.39, 0.29) is 10.8 Å². The first-order valence-corrected chi connectivity index (χ1v) is 9.78. The number of primary sulfonamides is 1. The Morgan fingerprint density at radius 3 is 2.48 bits per heavy atom. The fourth-order valence-corrected chi connectivity index (χ4v) is 3.37. The summed E-state index contributed by atoms with van der Waals surface area (Å²) in [4.78, 5) is 13.0. The lowest BCUT2D eigenvalue weighted by Gasteiger charge is -2.06. The maximum atomic E-state index is 11.7. The molecule has 3 N–H and O–H groups in total. The minimum Gasteiger partial charge on any atom is -0.356 e. The van der Waals surface area contributed by atoms with Crippen LogP contribution in [-0.4, -0.2) is 20.9 Å². The van der Waals surface area contributed by atoms with Gasteiger partial charge in [0.2, 0.25) is 15.9 Å². The molecule has 0 saturated carbocycles. The number of nitrogens with one attached hydrogen (secondary N) is 1. The number of rotatable bonds is 8. The van der Waals surface area contributed by atoms with Gasteiger partial charge in [-0.1, -0.05) is 18.2 Å². The Morgan fingerprint density at radius 2 is 1.87 bits per heavy atom. The topological polar surface area (TPSA) is 89.3 Å². The van der Waals surface area contributed by atoms with Crippen LogP contribution in [-0.2, 0) is 27.7 Å². The van der Waals surface area contributed by atoms with Crippen LogP contribution in [0, 0.1) is 0 Å². The van der Waals surface area contributed by atoms with Crippen LogP contribution in [0.25, 0.3) is 0 Å². The molecule has 23 heavy (non-hydrogen) atoms. The largest absolute Gasteiger partial charge is 0.356 e. The third-order valence-corrected chi connectivity index (χ3v) is 5.26. The van der Waals surface area contributed by atoms with Crippen molar-refractivity contribution in [2.45, 2.75) is 30.6 Å². The minimum absolute atomic E-state index is 0.0583. The van der Waals surface area contributed by atoms with Crippen LogP contribution in [0.4, 0.5) is 0 Å². The van der Waals surface area contributed by atoms with Crippen molar-refractivity contribution in [1.29, 1.82) is 0 Å². The molecule has 0 aliphatic carbocycles. The summed E-state index contributed by atoms with van der Waals surface area (Å²) in [5, 5.41) is 9.96. The molecule has 1 aromatic heterocycles. The average Bonchev–Trinajstić information content (AvgIpc) is 3.02. The highest BCUT2D eigenvalue weighted by atomic mass is 32.2. The van der Waals surface area contributed by atoms with Gasteiger partial charge in [-0.3, -0.25) is 4.79 Å². The van der Waals surface area contributed by atoms with Gasteiger partial charge in [-0.15, -0.1) is 11.3 Å².